The molecule has 0 aliphatic carbocycles. The number of ether oxygens (including phenoxy) is 3. The van der Waals surface area contributed by atoms with Crippen LogP contribution in [0.5, 0.6) is 11.5 Å². The van der Waals surface area contributed by atoms with Crippen LogP contribution in [-0.4, -0.2) is 30.4 Å². The summed E-state index contributed by atoms with van der Waals surface area (Å²) in [7, 11) is 0. The smallest absolute Gasteiger partial charge is 0.222 e. The summed E-state index contributed by atoms with van der Waals surface area (Å²) in [4.78, 5) is 0. The zero-order valence-corrected chi connectivity index (χ0v) is 17.9. The average molecular weight is 418 g/mol. The first-order chi connectivity index (χ1) is 12.9. The van der Waals surface area contributed by atoms with Gasteiger partial charge in [-0.05, 0) is 61.9 Å². The Kier molecular flexibility index (Phi) is 11.1. The van der Waals surface area contributed by atoms with Crippen molar-refractivity contribution < 1.29 is 19.4 Å². The van der Waals surface area contributed by atoms with Crippen molar-refractivity contribution in [3.63, 3.8) is 0 Å². The Labute approximate surface area is 171 Å². The SMILES string of the molecule is CCc1cc(OCC=C(Cl)Cl)cc(CC)c1OC(C)CCCOC(C)=NO. The Bertz CT molecular complexity index is 618. The summed E-state index contributed by atoms with van der Waals surface area (Å²) in [5, 5.41) is 11.6. The van der Waals surface area contributed by atoms with E-state index in [1.807, 2.05) is 19.1 Å². The Morgan fingerprint density at radius 3 is 2.37 bits per heavy atom. The maximum Gasteiger partial charge on any atom is 0.222 e. The van der Waals surface area contributed by atoms with E-state index in [0.717, 1.165) is 48.3 Å². The molecule has 1 aromatic carbocycles. The molecule has 1 unspecified atom stereocenters. The summed E-state index contributed by atoms with van der Waals surface area (Å²) in [6.07, 6.45) is 4.98. The topological polar surface area (TPSA) is 60.3 Å². The lowest BCUT2D eigenvalue weighted by atomic mass is 10.0. The molecular weight excluding hydrogens is 389 g/mol. The van der Waals surface area contributed by atoms with Crippen molar-refractivity contribution in [3.8, 4) is 11.5 Å². The molecule has 0 spiro atoms. The quantitative estimate of drug-likeness (QED) is 0.160. The van der Waals surface area contributed by atoms with Crippen LogP contribution < -0.4 is 9.47 Å². The highest BCUT2D eigenvalue weighted by Crippen LogP contribution is 2.32. The number of nitrogens with zero attached hydrogens (tertiary/aromatic N) is 1. The van der Waals surface area contributed by atoms with E-state index < -0.39 is 0 Å². The second kappa shape index (κ2) is 12.7. The van der Waals surface area contributed by atoms with Gasteiger partial charge in [-0.3, -0.25) is 0 Å². The van der Waals surface area contributed by atoms with Crippen LogP contribution in [-0.2, 0) is 17.6 Å². The Balaban J connectivity index is 2.76. The van der Waals surface area contributed by atoms with Crippen molar-refractivity contribution in [2.75, 3.05) is 13.2 Å². The highest BCUT2D eigenvalue weighted by atomic mass is 35.5. The number of halogens is 2. The van der Waals surface area contributed by atoms with E-state index in [0.29, 0.717) is 13.2 Å². The summed E-state index contributed by atoms with van der Waals surface area (Å²) in [5.41, 5.74) is 2.22. The van der Waals surface area contributed by atoms with Crippen molar-refractivity contribution in [3.05, 3.63) is 33.8 Å². The van der Waals surface area contributed by atoms with E-state index in [4.69, 9.17) is 42.6 Å². The second-order valence-electron chi connectivity index (χ2n) is 6.12. The summed E-state index contributed by atoms with van der Waals surface area (Å²) >= 11 is 11.2. The van der Waals surface area contributed by atoms with Crippen LogP contribution in [0.25, 0.3) is 0 Å². The fourth-order valence-electron chi connectivity index (χ4n) is 2.56. The van der Waals surface area contributed by atoms with Gasteiger partial charge in [-0.2, -0.15) is 0 Å². The van der Waals surface area contributed by atoms with Crippen molar-refractivity contribution in [1.82, 2.24) is 0 Å². The molecule has 0 saturated carbocycles. The third-order valence-corrected chi connectivity index (χ3v) is 4.30. The molecule has 0 radical (unpaired) electrons. The molecule has 0 bridgehead atoms. The van der Waals surface area contributed by atoms with Gasteiger partial charge in [0.25, 0.3) is 0 Å². The van der Waals surface area contributed by atoms with Crippen LogP contribution in [0.4, 0.5) is 0 Å². The molecule has 27 heavy (non-hydrogen) atoms. The third-order valence-electron chi connectivity index (χ3n) is 3.99. The van der Waals surface area contributed by atoms with Crippen molar-refractivity contribution >= 4 is 29.1 Å². The first-order valence-electron chi connectivity index (χ1n) is 9.19. The van der Waals surface area contributed by atoms with Crippen LogP contribution in [0.15, 0.2) is 27.9 Å². The van der Waals surface area contributed by atoms with Gasteiger partial charge in [0.15, 0.2) is 0 Å². The monoisotopic (exact) mass is 417 g/mol. The molecule has 1 aromatic rings. The molecule has 1 rings (SSSR count). The van der Waals surface area contributed by atoms with E-state index in [9.17, 15) is 0 Å². The number of benzene rings is 1. The Morgan fingerprint density at radius 1 is 1.22 bits per heavy atom. The predicted octanol–water partition coefficient (Wildman–Crippen LogP) is 5.88. The molecule has 0 heterocycles. The van der Waals surface area contributed by atoms with Gasteiger partial charge in [-0.15, -0.1) is 0 Å². The third kappa shape index (κ3) is 8.76. The van der Waals surface area contributed by atoms with Crippen LogP contribution >= 0.6 is 23.2 Å². The lowest BCUT2D eigenvalue weighted by Gasteiger charge is -2.21. The van der Waals surface area contributed by atoms with Gasteiger partial charge in [0, 0.05) is 6.92 Å². The lowest BCUT2D eigenvalue weighted by molar-refractivity contribution is 0.184. The lowest BCUT2D eigenvalue weighted by Crippen LogP contribution is -2.15. The van der Waals surface area contributed by atoms with Gasteiger partial charge in [0.1, 0.15) is 22.6 Å². The van der Waals surface area contributed by atoms with E-state index in [-0.39, 0.29) is 16.5 Å². The number of hydrogen-bond acceptors (Lipinski definition) is 5. The van der Waals surface area contributed by atoms with Gasteiger partial charge in [-0.1, -0.05) is 42.2 Å². The number of aryl methyl sites for hydroxylation is 2. The maximum absolute atomic E-state index is 8.57. The van der Waals surface area contributed by atoms with Crippen molar-refractivity contribution in [2.24, 2.45) is 5.16 Å². The highest BCUT2D eigenvalue weighted by Gasteiger charge is 2.14. The molecule has 5 nitrogen and oxygen atoms in total. The first kappa shape index (κ1) is 23.4. The van der Waals surface area contributed by atoms with Crippen LogP contribution in [0, 0.1) is 0 Å². The second-order valence-corrected chi connectivity index (χ2v) is 7.13. The normalized spacial score (nSPS) is 12.4. The molecular formula is C20H29Cl2NO4. The molecule has 1 N–H and O–H groups in total. The summed E-state index contributed by atoms with van der Waals surface area (Å²) < 4.78 is 17.4. The molecule has 1 atom stereocenters. The largest absolute Gasteiger partial charge is 0.490 e. The minimum Gasteiger partial charge on any atom is -0.490 e. The van der Waals surface area contributed by atoms with Gasteiger partial charge >= 0.3 is 0 Å². The van der Waals surface area contributed by atoms with E-state index in [1.54, 1.807) is 13.0 Å². The number of oxime groups is 1. The first-order valence-corrected chi connectivity index (χ1v) is 9.94. The van der Waals surface area contributed by atoms with Crippen LogP contribution in [0.3, 0.4) is 0 Å². The Morgan fingerprint density at radius 2 is 1.85 bits per heavy atom. The van der Waals surface area contributed by atoms with Gasteiger partial charge in [0.05, 0.1) is 12.7 Å². The van der Waals surface area contributed by atoms with E-state index in [2.05, 4.69) is 19.0 Å². The number of rotatable bonds is 11. The molecule has 0 aliphatic rings. The fraction of sp³-hybridized carbons (Fsp3) is 0.550. The average Bonchev–Trinajstić information content (AvgIpc) is 2.65. The molecule has 0 amide bonds. The summed E-state index contributed by atoms with van der Waals surface area (Å²) in [5.74, 6) is 1.98. The maximum atomic E-state index is 8.57. The predicted molar refractivity (Wildman–Crippen MR) is 111 cm³/mol. The number of hydrogen-bond donors (Lipinski definition) is 1. The Hall–Kier alpha value is -1.59. The summed E-state index contributed by atoms with van der Waals surface area (Å²) in [6, 6.07) is 4.00. The zero-order valence-electron chi connectivity index (χ0n) is 16.4. The van der Waals surface area contributed by atoms with Gasteiger partial charge in [0.2, 0.25) is 5.90 Å². The van der Waals surface area contributed by atoms with Crippen LogP contribution in [0.2, 0.25) is 0 Å². The van der Waals surface area contributed by atoms with E-state index in [1.165, 1.54) is 0 Å². The van der Waals surface area contributed by atoms with Crippen molar-refractivity contribution in [1.29, 1.82) is 0 Å². The standard InChI is InChI=1S/C20H29Cl2NO4/c1-5-16-12-18(26-11-9-19(21)22)13-17(6-2)20(16)27-14(3)8-7-10-25-15(4)23-24/h9,12-14,24H,5-8,10-11H2,1-4H3. The highest BCUT2D eigenvalue weighted by molar-refractivity contribution is 6.55. The minimum absolute atomic E-state index is 0.0420. The molecule has 0 aliphatic heterocycles. The fourth-order valence-corrected chi connectivity index (χ4v) is 2.69. The van der Waals surface area contributed by atoms with Crippen LogP contribution in [0.1, 0.15) is 51.7 Å². The molecule has 0 aromatic heterocycles. The minimum atomic E-state index is 0.0420. The van der Waals surface area contributed by atoms with E-state index >= 15 is 0 Å². The molecule has 7 heteroatoms. The zero-order chi connectivity index (χ0) is 20.2. The summed E-state index contributed by atoms with van der Waals surface area (Å²) in [6.45, 7) is 8.66. The van der Waals surface area contributed by atoms with Crippen molar-refractivity contribution in [2.45, 2.75) is 59.5 Å². The molecule has 0 saturated heterocycles. The van der Waals surface area contributed by atoms with Gasteiger partial charge in [-0.25, -0.2) is 0 Å². The molecule has 152 valence electrons. The van der Waals surface area contributed by atoms with Gasteiger partial charge < -0.3 is 19.4 Å². The molecule has 0 fully saturated rings.